The molecule has 1 aliphatic heterocycles. The van der Waals surface area contributed by atoms with Crippen LogP contribution in [0.4, 0.5) is 9.18 Å². The van der Waals surface area contributed by atoms with Crippen LogP contribution >= 0.6 is 0 Å². The minimum atomic E-state index is -0.322. The highest BCUT2D eigenvalue weighted by Gasteiger charge is 2.39. The zero-order chi connectivity index (χ0) is 15.5. The Kier molecular flexibility index (Phi) is 4.59. The van der Waals surface area contributed by atoms with E-state index in [0.29, 0.717) is 6.04 Å². The summed E-state index contributed by atoms with van der Waals surface area (Å²) in [6.45, 7) is 3.34. The lowest BCUT2D eigenvalue weighted by atomic mass is 10.2. The SMILES string of the molecule is CC1CC(NC(=O)NOCc2ccc(F)cc2)CN1C1CC1. The van der Waals surface area contributed by atoms with Crippen molar-refractivity contribution < 1.29 is 14.0 Å². The molecule has 1 heterocycles. The molecule has 2 amide bonds. The van der Waals surface area contributed by atoms with Crippen LogP contribution in [0.25, 0.3) is 0 Å². The summed E-state index contributed by atoms with van der Waals surface area (Å²) in [5.74, 6) is -0.287. The number of carbonyl (C=O) groups excluding carboxylic acids is 1. The van der Waals surface area contributed by atoms with E-state index in [-0.39, 0.29) is 24.5 Å². The molecular formula is C16H22FN3O2. The Bertz CT molecular complexity index is 519. The van der Waals surface area contributed by atoms with Crippen molar-refractivity contribution in [3.05, 3.63) is 35.6 Å². The molecule has 1 aromatic carbocycles. The van der Waals surface area contributed by atoms with Crippen LogP contribution in [-0.2, 0) is 11.4 Å². The van der Waals surface area contributed by atoms with Gasteiger partial charge >= 0.3 is 6.03 Å². The molecule has 2 atom stereocenters. The van der Waals surface area contributed by atoms with Crippen molar-refractivity contribution in [3.63, 3.8) is 0 Å². The first kappa shape index (κ1) is 15.2. The summed E-state index contributed by atoms with van der Waals surface area (Å²) in [4.78, 5) is 19.4. The van der Waals surface area contributed by atoms with Crippen LogP contribution in [0.5, 0.6) is 0 Å². The lowest BCUT2D eigenvalue weighted by Crippen LogP contribution is -2.43. The smallest absolute Gasteiger partial charge is 0.332 e. The van der Waals surface area contributed by atoms with Crippen molar-refractivity contribution in [2.24, 2.45) is 0 Å². The van der Waals surface area contributed by atoms with Crippen LogP contribution < -0.4 is 10.8 Å². The first-order valence-electron chi connectivity index (χ1n) is 7.80. The van der Waals surface area contributed by atoms with Gasteiger partial charge in [-0.05, 0) is 43.9 Å². The number of hydroxylamine groups is 1. The van der Waals surface area contributed by atoms with E-state index in [1.807, 2.05) is 0 Å². The average molecular weight is 307 g/mol. The van der Waals surface area contributed by atoms with E-state index in [1.165, 1.54) is 25.0 Å². The monoisotopic (exact) mass is 307 g/mol. The normalized spacial score (nSPS) is 25.2. The number of nitrogens with zero attached hydrogens (tertiary/aromatic N) is 1. The second-order valence-electron chi connectivity index (χ2n) is 6.20. The highest BCUT2D eigenvalue weighted by Crippen LogP contribution is 2.33. The number of hydrogen-bond acceptors (Lipinski definition) is 3. The Hall–Kier alpha value is -1.66. The predicted octanol–water partition coefficient (Wildman–Crippen LogP) is 2.18. The van der Waals surface area contributed by atoms with Crippen LogP contribution in [0.15, 0.2) is 24.3 Å². The first-order valence-corrected chi connectivity index (χ1v) is 7.80. The number of rotatable bonds is 5. The van der Waals surface area contributed by atoms with Gasteiger partial charge in [0.1, 0.15) is 5.82 Å². The molecule has 22 heavy (non-hydrogen) atoms. The molecule has 0 radical (unpaired) electrons. The van der Waals surface area contributed by atoms with Gasteiger partial charge in [-0.2, -0.15) is 0 Å². The third-order valence-electron chi connectivity index (χ3n) is 4.29. The summed E-state index contributed by atoms with van der Waals surface area (Å²) in [6, 6.07) is 7.08. The topological polar surface area (TPSA) is 53.6 Å². The summed E-state index contributed by atoms with van der Waals surface area (Å²) < 4.78 is 12.8. The second kappa shape index (κ2) is 6.62. The molecule has 1 aliphatic carbocycles. The quantitative estimate of drug-likeness (QED) is 0.820. The van der Waals surface area contributed by atoms with Crippen LogP contribution in [0, 0.1) is 5.82 Å². The van der Waals surface area contributed by atoms with E-state index in [9.17, 15) is 9.18 Å². The maximum absolute atomic E-state index is 12.8. The summed E-state index contributed by atoms with van der Waals surface area (Å²) >= 11 is 0. The third-order valence-corrected chi connectivity index (χ3v) is 4.29. The zero-order valence-electron chi connectivity index (χ0n) is 12.7. The standard InChI is InChI=1S/C16H22FN3O2/c1-11-8-14(9-20(11)15-6-7-15)18-16(21)19-22-10-12-2-4-13(17)5-3-12/h2-5,11,14-15H,6-10H2,1H3,(H2,18,19,21). The van der Waals surface area contributed by atoms with Gasteiger partial charge < -0.3 is 5.32 Å². The van der Waals surface area contributed by atoms with Crippen LogP contribution in [0.3, 0.4) is 0 Å². The van der Waals surface area contributed by atoms with Gasteiger partial charge in [-0.15, -0.1) is 0 Å². The molecule has 1 aromatic rings. The number of benzene rings is 1. The molecule has 2 aliphatic rings. The minimum absolute atomic E-state index is 0.171. The minimum Gasteiger partial charge on any atom is -0.332 e. The Morgan fingerprint density at radius 3 is 2.77 bits per heavy atom. The molecule has 0 aromatic heterocycles. The molecule has 120 valence electrons. The lowest BCUT2D eigenvalue weighted by molar-refractivity contribution is 0.0481. The van der Waals surface area contributed by atoms with E-state index in [2.05, 4.69) is 22.6 Å². The Balaban J connectivity index is 1.36. The van der Waals surface area contributed by atoms with Crippen LogP contribution in [0.1, 0.15) is 31.7 Å². The second-order valence-corrected chi connectivity index (χ2v) is 6.20. The summed E-state index contributed by atoms with van der Waals surface area (Å²) in [5.41, 5.74) is 3.19. The fourth-order valence-electron chi connectivity index (χ4n) is 3.06. The van der Waals surface area contributed by atoms with E-state index in [4.69, 9.17) is 4.84 Å². The average Bonchev–Trinajstić information content (AvgIpc) is 3.26. The molecule has 1 saturated heterocycles. The Morgan fingerprint density at radius 1 is 1.36 bits per heavy atom. The lowest BCUT2D eigenvalue weighted by Gasteiger charge is -2.19. The fraction of sp³-hybridized carbons (Fsp3) is 0.562. The van der Waals surface area contributed by atoms with Crippen molar-refractivity contribution >= 4 is 6.03 Å². The van der Waals surface area contributed by atoms with Crippen molar-refractivity contribution in [2.75, 3.05) is 6.54 Å². The predicted molar refractivity (Wildman–Crippen MR) is 80.5 cm³/mol. The number of urea groups is 1. The molecule has 2 fully saturated rings. The highest BCUT2D eigenvalue weighted by atomic mass is 19.1. The van der Waals surface area contributed by atoms with Gasteiger partial charge in [0.15, 0.2) is 0 Å². The zero-order valence-corrected chi connectivity index (χ0v) is 12.7. The molecule has 0 spiro atoms. The largest absolute Gasteiger partial charge is 0.338 e. The number of halogens is 1. The molecule has 5 nitrogen and oxygen atoms in total. The highest BCUT2D eigenvalue weighted by molar-refractivity contribution is 5.73. The van der Waals surface area contributed by atoms with Crippen molar-refractivity contribution in [1.82, 2.24) is 15.7 Å². The summed E-state index contributed by atoms with van der Waals surface area (Å²) in [5, 5.41) is 2.94. The van der Waals surface area contributed by atoms with Gasteiger partial charge in [-0.1, -0.05) is 12.1 Å². The number of carbonyl (C=O) groups is 1. The van der Waals surface area contributed by atoms with Gasteiger partial charge in [0.2, 0.25) is 0 Å². The molecule has 3 rings (SSSR count). The van der Waals surface area contributed by atoms with Crippen LogP contribution in [0.2, 0.25) is 0 Å². The van der Waals surface area contributed by atoms with Gasteiger partial charge in [0.05, 0.1) is 6.61 Å². The maximum Gasteiger partial charge on any atom is 0.338 e. The van der Waals surface area contributed by atoms with Crippen LogP contribution in [-0.4, -0.2) is 35.6 Å². The molecule has 1 saturated carbocycles. The third kappa shape index (κ3) is 3.96. The molecular weight excluding hydrogens is 285 g/mol. The fourth-order valence-corrected chi connectivity index (χ4v) is 3.06. The van der Waals surface area contributed by atoms with E-state index < -0.39 is 0 Å². The molecule has 0 bridgehead atoms. The Labute approximate surface area is 129 Å². The first-order chi connectivity index (χ1) is 10.6. The number of nitrogens with one attached hydrogen (secondary N) is 2. The van der Waals surface area contributed by atoms with E-state index >= 15 is 0 Å². The Morgan fingerprint density at radius 2 is 2.09 bits per heavy atom. The molecule has 6 heteroatoms. The van der Waals surface area contributed by atoms with Gasteiger partial charge in [0.25, 0.3) is 0 Å². The van der Waals surface area contributed by atoms with Crippen molar-refractivity contribution in [3.8, 4) is 0 Å². The van der Waals surface area contributed by atoms with Crippen molar-refractivity contribution in [2.45, 2.75) is 50.9 Å². The number of hydrogen-bond donors (Lipinski definition) is 2. The van der Waals surface area contributed by atoms with E-state index in [0.717, 1.165) is 24.6 Å². The molecule has 2 N–H and O–H groups in total. The number of amides is 2. The van der Waals surface area contributed by atoms with Gasteiger partial charge in [-0.25, -0.2) is 14.7 Å². The van der Waals surface area contributed by atoms with Crippen molar-refractivity contribution in [1.29, 1.82) is 0 Å². The summed E-state index contributed by atoms with van der Waals surface area (Å²) in [6.07, 6.45) is 3.54. The summed E-state index contributed by atoms with van der Waals surface area (Å²) in [7, 11) is 0. The van der Waals surface area contributed by atoms with E-state index in [1.54, 1.807) is 12.1 Å². The molecule has 2 unspecified atom stereocenters. The maximum atomic E-state index is 12.8. The number of likely N-dealkylation sites (tertiary alicyclic amines) is 1. The van der Waals surface area contributed by atoms with Gasteiger partial charge in [0, 0.05) is 24.7 Å². The van der Waals surface area contributed by atoms with Gasteiger partial charge in [-0.3, -0.25) is 9.74 Å².